The fraction of sp³-hybridized carbons (Fsp3) is 0.444. The fourth-order valence-corrected chi connectivity index (χ4v) is 2.82. The summed E-state index contributed by atoms with van der Waals surface area (Å²) in [4.78, 5) is 11.2. The number of anilines is 1. The van der Waals surface area contributed by atoms with E-state index in [-0.39, 0.29) is 11.9 Å². The van der Waals surface area contributed by atoms with Crippen LogP contribution in [0.15, 0.2) is 36.5 Å². The number of nitrogens with zero attached hydrogens (tertiary/aromatic N) is 3. The van der Waals surface area contributed by atoms with Crippen molar-refractivity contribution in [2.75, 3.05) is 45.3 Å². The average Bonchev–Trinajstić information content (AvgIpc) is 2.65. The summed E-state index contributed by atoms with van der Waals surface area (Å²) in [6.07, 6.45) is 1.73. The smallest absolute Gasteiger partial charge is 0.150 e. The van der Waals surface area contributed by atoms with Crippen LogP contribution in [0.2, 0.25) is 0 Å². The van der Waals surface area contributed by atoms with E-state index in [9.17, 15) is 4.39 Å². The Kier molecular flexibility index (Phi) is 6.27. The Morgan fingerprint density at radius 3 is 3.08 bits per heavy atom. The van der Waals surface area contributed by atoms with Gasteiger partial charge in [-0.3, -0.25) is 4.90 Å². The van der Waals surface area contributed by atoms with E-state index >= 15 is 0 Å². The average molecular weight is 346 g/mol. The van der Waals surface area contributed by atoms with Gasteiger partial charge < -0.3 is 14.8 Å². The third-order valence-corrected chi connectivity index (χ3v) is 4.16. The molecular weight excluding hydrogens is 323 g/mol. The number of hydrogen-bond donors (Lipinski definition) is 1. The lowest BCUT2D eigenvalue weighted by atomic mass is 10.1. The Bertz CT molecular complexity index is 686. The summed E-state index contributed by atoms with van der Waals surface area (Å²) < 4.78 is 24.7. The maximum Gasteiger partial charge on any atom is 0.150 e. The van der Waals surface area contributed by atoms with Gasteiger partial charge in [-0.15, -0.1) is 0 Å². The molecule has 2 aromatic rings. The van der Waals surface area contributed by atoms with Crippen molar-refractivity contribution in [2.24, 2.45) is 0 Å². The molecule has 1 fully saturated rings. The highest BCUT2D eigenvalue weighted by Crippen LogP contribution is 2.24. The number of methoxy groups -OCH3 is 1. The predicted octanol–water partition coefficient (Wildman–Crippen LogP) is 2.25. The summed E-state index contributed by atoms with van der Waals surface area (Å²) in [6, 6.07) is 8.58. The molecule has 1 atom stereocenters. The van der Waals surface area contributed by atoms with Crippen LogP contribution in [0, 0.1) is 5.82 Å². The second-order valence-electron chi connectivity index (χ2n) is 5.87. The van der Waals surface area contributed by atoms with Gasteiger partial charge in [-0.1, -0.05) is 18.2 Å². The Labute approximate surface area is 147 Å². The SMILES string of the molecule is COCCNc1ccnc(C2COCCN2Cc2ccccc2F)n1. The van der Waals surface area contributed by atoms with Gasteiger partial charge in [0.15, 0.2) is 0 Å². The molecule has 134 valence electrons. The van der Waals surface area contributed by atoms with Crippen LogP contribution in [0.25, 0.3) is 0 Å². The van der Waals surface area contributed by atoms with Gasteiger partial charge in [0, 0.05) is 38.5 Å². The van der Waals surface area contributed by atoms with E-state index in [0.717, 1.165) is 5.82 Å². The van der Waals surface area contributed by atoms with Crippen molar-refractivity contribution in [3.05, 3.63) is 53.7 Å². The molecule has 0 spiro atoms. The summed E-state index contributed by atoms with van der Waals surface area (Å²) in [5.41, 5.74) is 0.670. The molecule has 1 saturated heterocycles. The number of rotatable bonds is 7. The Morgan fingerprint density at radius 1 is 1.36 bits per heavy atom. The maximum absolute atomic E-state index is 14.0. The minimum absolute atomic E-state index is 0.0995. The van der Waals surface area contributed by atoms with Crippen molar-refractivity contribution in [3.63, 3.8) is 0 Å². The number of hydrogen-bond acceptors (Lipinski definition) is 6. The first-order valence-electron chi connectivity index (χ1n) is 8.39. The molecule has 1 aliphatic heterocycles. The van der Waals surface area contributed by atoms with Crippen molar-refractivity contribution < 1.29 is 13.9 Å². The van der Waals surface area contributed by atoms with E-state index in [1.165, 1.54) is 6.07 Å². The third-order valence-electron chi connectivity index (χ3n) is 4.16. The molecule has 1 aliphatic rings. The lowest BCUT2D eigenvalue weighted by Crippen LogP contribution is -2.40. The van der Waals surface area contributed by atoms with Crippen molar-refractivity contribution in [1.29, 1.82) is 0 Å². The number of halogens is 1. The van der Waals surface area contributed by atoms with E-state index in [1.54, 1.807) is 19.4 Å². The maximum atomic E-state index is 14.0. The van der Waals surface area contributed by atoms with Crippen LogP contribution in [-0.2, 0) is 16.0 Å². The molecule has 1 aromatic heterocycles. The second-order valence-corrected chi connectivity index (χ2v) is 5.87. The number of aromatic nitrogens is 2. The number of benzene rings is 1. The van der Waals surface area contributed by atoms with Crippen LogP contribution in [-0.4, -0.2) is 54.9 Å². The van der Waals surface area contributed by atoms with Gasteiger partial charge in [-0.05, 0) is 12.1 Å². The molecule has 1 N–H and O–H groups in total. The highest BCUT2D eigenvalue weighted by atomic mass is 19.1. The molecular formula is C18H23FN4O2. The molecule has 0 saturated carbocycles. The summed E-state index contributed by atoms with van der Waals surface area (Å²) in [5, 5.41) is 3.20. The summed E-state index contributed by atoms with van der Waals surface area (Å²) in [5.74, 6) is 1.24. The van der Waals surface area contributed by atoms with Crippen molar-refractivity contribution in [1.82, 2.24) is 14.9 Å². The molecule has 0 amide bonds. The number of ether oxygens (including phenoxy) is 2. The van der Waals surface area contributed by atoms with Crippen LogP contribution in [0.5, 0.6) is 0 Å². The van der Waals surface area contributed by atoms with Gasteiger partial charge in [-0.25, -0.2) is 14.4 Å². The Balaban J connectivity index is 1.74. The van der Waals surface area contributed by atoms with Crippen LogP contribution in [0.4, 0.5) is 10.2 Å². The number of morpholine rings is 1. The second kappa shape index (κ2) is 8.84. The van der Waals surface area contributed by atoms with Crippen molar-refractivity contribution >= 4 is 5.82 Å². The highest BCUT2D eigenvalue weighted by Gasteiger charge is 2.27. The largest absolute Gasteiger partial charge is 0.383 e. The molecule has 0 aliphatic carbocycles. The number of nitrogens with one attached hydrogen (secondary N) is 1. The quantitative estimate of drug-likeness (QED) is 0.776. The molecule has 1 aromatic carbocycles. The molecule has 0 radical (unpaired) electrons. The molecule has 6 nitrogen and oxygen atoms in total. The van der Waals surface area contributed by atoms with Gasteiger partial charge in [0.25, 0.3) is 0 Å². The van der Waals surface area contributed by atoms with Crippen LogP contribution in [0.3, 0.4) is 0 Å². The fourth-order valence-electron chi connectivity index (χ4n) is 2.82. The standard InChI is InChI=1S/C18H23FN4O2/c1-24-10-8-20-17-6-7-21-18(22-17)16-13-25-11-9-23(16)12-14-4-2-3-5-15(14)19/h2-7,16H,8-13H2,1H3,(H,20,21,22). The van der Waals surface area contributed by atoms with Crippen LogP contribution < -0.4 is 5.32 Å². The van der Waals surface area contributed by atoms with Gasteiger partial charge in [0.05, 0.1) is 25.9 Å². The zero-order valence-electron chi connectivity index (χ0n) is 14.3. The first-order valence-corrected chi connectivity index (χ1v) is 8.39. The van der Waals surface area contributed by atoms with Crippen LogP contribution in [0.1, 0.15) is 17.4 Å². The first kappa shape index (κ1) is 17.7. The minimum Gasteiger partial charge on any atom is -0.383 e. The van der Waals surface area contributed by atoms with E-state index in [1.807, 2.05) is 18.2 Å². The van der Waals surface area contributed by atoms with Crippen molar-refractivity contribution in [3.8, 4) is 0 Å². The molecule has 3 rings (SSSR count). The summed E-state index contributed by atoms with van der Waals surface area (Å²) in [7, 11) is 1.66. The van der Waals surface area contributed by atoms with Crippen molar-refractivity contribution in [2.45, 2.75) is 12.6 Å². The zero-order valence-corrected chi connectivity index (χ0v) is 14.3. The molecule has 2 heterocycles. The lowest BCUT2D eigenvalue weighted by Gasteiger charge is -2.34. The Hall–Kier alpha value is -2.09. The third kappa shape index (κ3) is 4.72. The van der Waals surface area contributed by atoms with E-state index in [2.05, 4.69) is 20.2 Å². The molecule has 7 heteroatoms. The Morgan fingerprint density at radius 2 is 2.24 bits per heavy atom. The molecule has 1 unspecified atom stereocenters. The molecule has 0 bridgehead atoms. The topological polar surface area (TPSA) is 59.5 Å². The van der Waals surface area contributed by atoms with E-state index in [0.29, 0.717) is 50.8 Å². The lowest BCUT2D eigenvalue weighted by molar-refractivity contribution is -0.0163. The summed E-state index contributed by atoms with van der Waals surface area (Å²) in [6.45, 7) is 3.61. The van der Waals surface area contributed by atoms with Gasteiger partial charge in [0.1, 0.15) is 17.5 Å². The predicted molar refractivity (Wildman–Crippen MR) is 92.8 cm³/mol. The van der Waals surface area contributed by atoms with Crippen LogP contribution >= 0.6 is 0 Å². The molecule has 25 heavy (non-hydrogen) atoms. The van der Waals surface area contributed by atoms with Gasteiger partial charge >= 0.3 is 0 Å². The highest BCUT2D eigenvalue weighted by molar-refractivity contribution is 5.33. The monoisotopic (exact) mass is 346 g/mol. The van der Waals surface area contributed by atoms with Gasteiger partial charge in [0.2, 0.25) is 0 Å². The first-order chi connectivity index (χ1) is 12.3. The normalized spacial score (nSPS) is 18.2. The summed E-state index contributed by atoms with van der Waals surface area (Å²) >= 11 is 0. The van der Waals surface area contributed by atoms with E-state index in [4.69, 9.17) is 9.47 Å². The zero-order chi connectivity index (χ0) is 17.5. The van der Waals surface area contributed by atoms with E-state index < -0.39 is 0 Å². The minimum atomic E-state index is -0.191. The van der Waals surface area contributed by atoms with Gasteiger partial charge in [-0.2, -0.15) is 0 Å².